The zero-order valence-electron chi connectivity index (χ0n) is 9.15. The van der Waals surface area contributed by atoms with Gasteiger partial charge in [-0.05, 0) is 18.1 Å². The Morgan fingerprint density at radius 2 is 2.00 bits per heavy atom. The first-order valence-electron chi connectivity index (χ1n) is 5.17. The van der Waals surface area contributed by atoms with Crippen molar-refractivity contribution in [2.75, 3.05) is 0 Å². The van der Waals surface area contributed by atoms with Gasteiger partial charge in [-0.15, -0.1) is 0 Å². The van der Waals surface area contributed by atoms with E-state index in [1.807, 2.05) is 36.0 Å². The normalized spacial score (nSPS) is 10.7. The first kappa shape index (κ1) is 11.2. The molecule has 0 aliphatic heterocycles. The number of benzene rings is 1. The zero-order chi connectivity index (χ0) is 11.5. The van der Waals surface area contributed by atoms with Gasteiger partial charge in [0.15, 0.2) is 0 Å². The Labute approximate surface area is 99.8 Å². The van der Waals surface area contributed by atoms with Crippen LogP contribution in [-0.4, -0.2) is 9.78 Å². The molecule has 1 heterocycles. The maximum absolute atomic E-state index is 5.96. The van der Waals surface area contributed by atoms with E-state index in [0.717, 1.165) is 11.3 Å². The van der Waals surface area contributed by atoms with Crippen molar-refractivity contribution in [1.29, 1.82) is 0 Å². The van der Waals surface area contributed by atoms with E-state index in [1.165, 1.54) is 5.56 Å². The lowest BCUT2D eigenvalue weighted by Crippen LogP contribution is -2.06. The Bertz CT molecular complexity index is 471. The number of nitrogens with two attached hydrogens (primary N) is 1. The van der Waals surface area contributed by atoms with Gasteiger partial charge in [0.25, 0.3) is 0 Å². The Morgan fingerprint density at radius 1 is 1.31 bits per heavy atom. The van der Waals surface area contributed by atoms with Gasteiger partial charge in [0.2, 0.25) is 0 Å². The number of hydrogen-bond donors (Lipinski definition) is 1. The summed E-state index contributed by atoms with van der Waals surface area (Å²) >= 11 is 5.96. The zero-order valence-corrected chi connectivity index (χ0v) is 9.91. The highest BCUT2D eigenvalue weighted by molar-refractivity contribution is 6.31. The summed E-state index contributed by atoms with van der Waals surface area (Å²) in [5.74, 6) is 0. The Hall–Kier alpha value is -1.32. The van der Waals surface area contributed by atoms with Crippen LogP contribution in [0.3, 0.4) is 0 Å². The lowest BCUT2D eigenvalue weighted by atomic mass is 10.1. The number of aromatic nitrogens is 2. The van der Waals surface area contributed by atoms with Crippen LogP contribution in [0.15, 0.2) is 30.5 Å². The number of aryl methyl sites for hydroxylation is 1. The lowest BCUT2D eigenvalue weighted by Gasteiger charge is -2.07. The smallest absolute Gasteiger partial charge is 0.0815 e. The van der Waals surface area contributed by atoms with E-state index in [2.05, 4.69) is 11.2 Å². The molecule has 2 aromatic rings. The van der Waals surface area contributed by atoms with Crippen LogP contribution in [0.5, 0.6) is 0 Å². The molecule has 0 amide bonds. The maximum atomic E-state index is 5.96. The standard InChI is InChI=1S/C12H14ClN3/c1-9-12(13)8-16(15-9)7-11-5-3-2-4-10(11)6-14/h2-5,8H,6-7,14H2,1H3. The minimum absolute atomic E-state index is 0.546. The van der Waals surface area contributed by atoms with Crippen molar-refractivity contribution in [1.82, 2.24) is 9.78 Å². The highest BCUT2D eigenvalue weighted by atomic mass is 35.5. The predicted octanol–water partition coefficient (Wildman–Crippen LogP) is 2.35. The number of rotatable bonds is 3. The minimum Gasteiger partial charge on any atom is -0.326 e. The summed E-state index contributed by atoms with van der Waals surface area (Å²) in [6.45, 7) is 3.15. The quantitative estimate of drug-likeness (QED) is 0.888. The van der Waals surface area contributed by atoms with Gasteiger partial charge >= 0.3 is 0 Å². The van der Waals surface area contributed by atoms with Crippen molar-refractivity contribution in [2.45, 2.75) is 20.0 Å². The molecule has 0 aliphatic rings. The molecule has 16 heavy (non-hydrogen) atoms. The van der Waals surface area contributed by atoms with Crippen LogP contribution >= 0.6 is 11.6 Å². The van der Waals surface area contributed by atoms with Gasteiger partial charge in [-0.2, -0.15) is 5.10 Å². The van der Waals surface area contributed by atoms with Gasteiger partial charge < -0.3 is 5.73 Å². The van der Waals surface area contributed by atoms with E-state index in [1.54, 1.807) is 0 Å². The van der Waals surface area contributed by atoms with Crippen molar-refractivity contribution < 1.29 is 0 Å². The summed E-state index contributed by atoms with van der Waals surface area (Å²) in [4.78, 5) is 0. The van der Waals surface area contributed by atoms with E-state index in [-0.39, 0.29) is 0 Å². The molecule has 0 unspecified atom stereocenters. The minimum atomic E-state index is 0.546. The average molecular weight is 236 g/mol. The molecule has 0 spiro atoms. The maximum Gasteiger partial charge on any atom is 0.0815 e. The van der Waals surface area contributed by atoms with Crippen molar-refractivity contribution in [3.05, 3.63) is 52.3 Å². The largest absolute Gasteiger partial charge is 0.326 e. The third kappa shape index (κ3) is 2.26. The average Bonchev–Trinajstić information content (AvgIpc) is 2.59. The fourth-order valence-electron chi connectivity index (χ4n) is 1.66. The van der Waals surface area contributed by atoms with Crippen molar-refractivity contribution in [3.8, 4) is 0 Å². The van der Waals surface area contributed by atoms with Crippen LogP contribution < -0.4 is 5.73 Å². The van der Waals surface area contributed by atoms with E-state index in [0.29, 0.717) is 18.1 Å². The topological polar surface area (TPSA) is 43.8 Å². The lowest BCUT2D eigenvalue weighted by molar-refractivity contribution is 0.674. The molecule has 4 heteroatoms. The molecule has 0 fully saturated rings. The first-order chi connectivity index (χ1) is 7.70. The molecule has 0 saturated carbocycles. The Morgan fingerprint density at radius 3 is 2.56 bits per heavy atom. The second-order valence-corrected chi connectivity index (χ2v) is 4.14. The highest BCUT2D eigenvalue weighted by Crippen LogP contribution is 2.15. The summed E-state index contributed by atoms with van der Waals surface area (Å²) in [6, 6.07) is 8.10. The molecule has 84 valence electrons. The third-order valence-electron chi connectivity index (χ3n) is 2.56. The van der Waals surface area contributed by atoms with Crippen LogP contribution in [0.1, 0.15) is 16.8 Å². The first-order valence-corrected chi connectivity index (χ1v) is 5.55. The third-order valence-corrected chi connectivity index (χ3v) is 2.93. The van der Waals surface area contributed by atoms with Gasteiger partial charge in [0, 0.05) is 12.7 Å². The van der Waals surface area contributed by atoms with Crippen molar-refractivity contribution >= 4 is 11.6 Å². The molecule has 0 aliphatic carbocycles. The molecular formula is C12H14ClN3. The number of hydrogen-bond acceptors (Lipinski definition) is 2. The van der Waals surface area contributed by atoms with Gasteiger partial charge in [-0.1, -0.05) is 35.9 Å². The molecule has 2 N–H and O–H groups in total. The Kier molecular flexibility index (Phi) is 3.27. The number of halogens is 1. The molecule has 0 atom stereocenters. The molecule has 1 aromatic carbocycles. The summed E-state index contributed by atoms with van der Waals surface area (Å²) in [5.41, 5.74) is 8.87. The van der Waals surface area contributed by atoms with Crippen molar-refractivity contribution in [3.63, 3.8) is 0 Å². The van der Waals surface area contributed by atoms with Gasteiger partial charge in [0.05, 0.1) is 17.3 Å². The fourth-order valence-corrected chi connectivity index (χ4v) is 1.81. The van der Waals surface area contributed by atoms with Gasteiger partial charge in [-0.25, -0.2) is 0 Å². The van der Waals surface area contributed by atoms with Gasteiger partial charge in [0.1, 0.15) is 0 Å². The van der Waals surface area contributed by atoms with Crippen LogP contribution in [0.4, 0.5) is 0 Å². The summed E-state index contributed by atoms with van der Waals surface area (Å²) in [7, 11) is 0. The molecule has 0 saturated heterocycles. The summed E-state index contributed by atoms with van der Waals surface area (Å²) < 4.78 is 1.84. The van der Waals surface area contributed by atoms with Gasteiger partial charge in [-0.3, -0.25) is 4.68 Å². The SMILES string of the molecule is Cc1nn(Cc2ccccc2CN)cc1Cl. The predicted molar refractivity (Wildman–Crippen MR) is 65.4 cm³/mol. The van der Waals surface area contributed by atoms with Crippen LogP contribution in [0, 0.1) is 6.92 Å². The van der Waals surface area contributed by atoms with Crippen LogP contribution in [-0.2, 0) is 13.1 Å². The molecule has 1 aromatic heterocycles. The molecular weight excluding hydrogens is 222 g/mol. The molecule has 3 nitrogen and oxygen atoms in total. The van der Waals surface area contributed by atoms with E-state index < -0.39 is 0 Å². The summed E-state index contributed by atoms with van der Waals surface area (Å²) in [6.07, 6.45) is 1.84. The molecule has 0 bridgehead atoms. The van der Waals surface area contributed by atoms with E-state index in [9.17, 15) is 0 Å². The second-order valence-electron chi connectivity index (χ2n) is 3.73. The molecule has 2 rings (SSSR count). The van der Waals surface area contributed by atoms with Crippen molar-refractivity contribution in [2.24, 2.45) is 5.73 Å². The number of nitrogens with zero attached hydrogens (tertiary/aromatic N) is 2. The Balaban J connectivity index is 2.26. The van der Waals surface area contributed by atoms with E-state index in [4.69, 9.17) is 17.3 Å². The monoisotopic (exact) mass is 235 g/mol. The summed E-state index contributed by atoms with van der Waals surface area (Å²) in [5, 5.41) is 5.02. The van der Waals surface area contributed by atoms with Crippen LogP contribution in [0.2, 0.25) is 5.02 Å². The van der Waals surface area contributed by atoms with Crippen LogP contribution in [0.25, 0.3) is 0 Å². The van der Waals surface area contributed by atoms with E-state index >= 15 is 0 Å². The molecule has 0 radical (unpaired) electrons. The highest BCUT2D eigenvalue weighted by Gasteiger charge is 2.04. The second kappa shape index (κ2) is 4.68. The fraction of sp³-hybridized carbons (Fsp3) is 0.250.